The molecular weight excluding hydrogens is 188 g/mol. The molecule has 3 heteroatoms. The lowest BCUT2D eigenvalue weighted by atomic mass is 10.1. The van der Waals surface area contributed by atoms with Crippen molar-refractivity contribution >= 4 is 0 Å². The van der Waals surface area contributed by atoms with E-state index < -0.39 is 0 Å². The minimum atomic E-state index is 0.186. The lowest BCUT2D eigenvalue weighted by Gasteiger charge is -2.29. The van der Waals surface area contributed by atoms with E-state index >= 15 is 0 Å². The number of likely N-dealkylation sites (N-methyl/N-ethyl adjacent to an activating group) is 2. The van der Waals surface area contributed by atoms with Gasteiger partial charge in [0.25, 0.3) is 0 Å². The van der Waals surface area contributed by atoms with Crippen LogP contribution in [0.5, 0.6) is 0 Å². The van der Waals surface area contributed by atoms with Crippen molar-refractivity contribution in [3.63, 3.8) is 0 Å². The smallest absolute Gasteiger partial charge is 0.0593 e. The van der Waals surface area contributed by atoms with Gasteiger partial charge in [-0.2, -0.15) is 0 Å². The topological polar surface area (TPSA) is 24.5 Å². The molecule has 0 heterocycles. The zero-order valence-electron chi connectivity index (χ0n) is 10.7. The third kappa shape index (κ3) is 6.13. The fourth-order valence-electron chi connectivity index (χ4n) is 1.59. The van der Waals surface area contributed by atoms with Crippen molar-refractivity contribution in [1.29, 1.82) is 0 Å². The Balaban J connectivity index is 1.99. The van der Waals surface area contributed by atoms with Crippen LogP contribution in [-0.4, -0.2) is 50.8 Å². The largest absolute Gasteiger partial charge is 0.380 e. The molecule has 0 aliphatic heterocycles. The molecule has 1 rings (SSSR count). The molecule has 0 atom stereocenters. The van der Waals surface area contributed by atoms with Crippen LogP contribution < -0.4 is 5.32 Å². The summed E-state index contributed by atoms with van der Waals surface area (Å²) in [4.78, 5) is 2.32. The number of nitrogens with zero attached hydrogens (tertiary/aromatic N) is 1. The van der Waals surface area contributed by atoms with Gasteiger partial charge < -0.3 is 15.0 Å². The van der Waals surface area contributed by atoms with Gasteiger partial charge in [-0.15, -0.1) is 0 Å². The highest BCUT2D eigenvalue weighted by molar-refractivity contribution is 4.78. The van der Waals surface area contributed by atoms with Gasteiger partial charge in [-0.25, -0.2) is 0 Å². The monoisotopic (exact) mass is 214 g/mol. The van der Waals surface area contributed by atoms with E-state index in [0.29, 0.717) is 0 Å². The van der Waals surface area contributed by atoms with E-state index in [1.165, 1.54) is 12.8 Å². The van der Waals surface area contributed by atoms with E-state index in [4.69, 9.17) is 4.74 Å². The van der Waals surface area contributed by atoms with Gasteiger partial charge in [0.05, 0.1) is 6.61 Å². The van der Waals surface area contributed by atoms with Gasteiger partial charge in [0, 0.05) is 25.2 Å². The first kappa shape index (κ1) is 12.9. The molecule has 1 N–H and O–H groups in total. The van der Waals surface area contributed by atoms with Crippen molar-refractivity contribution in [2.45, 2.75) is 32.2 Å². The summed E-state index contributed by atoms with van der Waals surface area (Å²) in [5.74, 6) is 0.879. The summed E-state index contributed by atoms with van der Waals surface area (Å²) in [6.45, 7) is 8.35. The van der Waals surface area contributed by atoms with Crippen molar-refractivity contribution in [3.05, 3.63) is 0 Å². The minimum Gasteiger partial charge on any atom is -0.380 e. The second-order valence-corrected chi connectivity index (χ2v) is 5.39. The Labute approximate surface area is 94.2 Å². The van der Waals surface area contributed by atoms with E-state index in [0.717, 1.165) is 32.2 Å². The second-order valence-electron chi connectivity index (χ2n) is 5.39. The highest BCUT2D eigenvalue weighted by Gasteiger charge is 2.21. The van der Waals surface area contributed by atoms with E-state index in [1.807, 2.05) is 7.05 Å². The van der Waals surface area contributed by atoms with Crippen molar-refractivity contribution in [3.8, 4) is 0 Å². The van der Waals surface area contributed by atoms with Gasteiger partial charge in [0.15, 0.2) is 0 Å². The summed E-state index contributed by atoms with van der Waals surface area (Å²) in [5, 5.41) is 3.31. The molecule has 0 saturated heterocycles. The van der Waals surface area contributed by atoms with Gasteiger partial charge in [0.1, 0.15) is 0 Å². The second kappa shape index (κ2) is 5.83. The van der Waals surface area contributed by atoms with Crippen molar-refractivity contribution in [1.82, 2.24) is 10.2 Å². The standard InChI is InChI=1S/C12H26N2O/c1-12(2,13-3)10-14(4)7-8-15-9-11-5-6-11/h11,13H,5-10H2,1-4H3. The number of hydrogen-bond donors (Lipinski definition) is 1. The van der Waals surface area contributed by atoms with Crippen LogP contribution in [0.3, 0.4) is 0 Å². The van der Waals surface area contributed by atoms with Gasteiger partial charge in [-0.05, 0) is 46.7 Å². The SMILES string of the molecule is CNC(C)(C)CN(C)CCOCC1CC1. The third-order valence-electron chi connectivity index (χ3n) is 3.01. The fourth-order valence-corrected chi connectivity index (χ4v) is 1.59. The van der Waals surface area contributed by atoms with Gasteiger partial charge in [-0.3, -0.25) is 0 Å². The van der Waals surface area contributed by atoms with Crippen LogP contribution in [0.2, 0.25) is 0 Å². The molecule has 0 aromatic heterocycles. The zero-order valence-corrected chi connectivity index (χ0v) is 10.7. The van der Waals surface area contributed by atoms with Crippen LogP contribution in [0, 0.1) is 5.92 Å². The molecular formula is C12H26N2O. The third-order valence-corrected chi connectivity index (χ3v) is 3.01. The number of rotatable bonds is 8. The molecule has 0 aromatic carbocycles. The van der Waals surface area contributed by atoms with Crippen LogP contribution >= 0.6 is 0 Å². The molecule has 90 valence electrons. The number of nitrogens with one attached hydrogen (secondary N) is 1. The van der Waals surface area contributed by atoms with Crippen LogP contribution in [0.1, 0.15) is 26.7 Å². The maximum absolute atomic E-state index is 5.61. The Hall–Kier alpha value is -0.120. The molecule has 0 bridgehead atoms. The predicted molar refractivity (Wildman–Crippen MR) is 64.2 cm³/mol. The molecule has 15 heavy (non-hydrogen) atoms. The zero-order chi connectivity index (χ0) is 11.3. The molecule has 1 aliphatic rings. The summed E-state index contributed by atoms with van der Waals surface area (Å²) < 4.78 is 5.61. The van der Waals surface area contributed by atoms with Crippen molar-refractivity contribution in [2.24, 2.45) is 5.92 Å². The maximum Gasteiger partial charge on any atom is 0.0593 e. The van der Waals surface area contributed by atoms with Crippen LogP contribution in [0.25, 0.3) is 0 Å². The first-order valence-electron chi connectivity index (χ1n) is 5.99. The van der Waals surface area contributed by atoms with Gasteiger partial charge in [-0.1, -0.05) is 0 Å². The number of hydrogen-bond acceptors (Lipinski definition) is 3. The Morgan fingerprint density at radius 1 is 1.40 bits per heavy atom. The molecule has 0 aromatic rings. The molecule has 0 radical (unpaired) electrons. The van der Waals surface area contributed by atoms with Crippen LogP contribution in [0.4, 0.5) is 0 Å². The highest BCUT2D eigenvalue weighted by atomic mass is 16.5. The average Bonchev–Trinajstić information content (AvgIpc) is 2.95. The number of ether oxygens (including phenoxy) is 1. The normalized spacial score (nSPS) is 17.4. The summed E-state index contributed by atoms with van der Waals surface area (Å²) in [5.41, 5.74) is 0.186. The lowest BCUT2D eigenvalue weighted by Crippen LogP contribution is -2.46. The predicted octanol–water partition coefficient (Wildman–Crippen LogP) is 1.34. The van der Waals surface area contributed by atoms with Gasteiger partial charge >= 0.3 is 0 Å². The van der Waals surface area contributed by atoms with Crippen molar-refractivity contribution in [2.75, 3.05) is 40.4 Å². The average molecular weight is 214 g/mol. The fraction of sp³-hybridized carbons (Fsp3) is 1.00. The van der Waals surface area contributed by atoms with E-state index in [1.54, 1.807) is 0 Å². The Bertz CT molecular complexity index is 178. The molecule has 3 nitrogen and oxygen atoms in total. The quantitative estimate of drug-likeness (QED) is 0.617. The first-order valence-corrected chi connectivity index (χ1v) is 5.99. The molecule has 0 amide bonds. The molecule has 1 aliphatic carbocycles. The van der Waals surface area contributed by atoms with Crippen LogP contribution in [0.15, 0.2) is 0 Å². The molecule has 0 unspecified atom stereocenters. The van der Waals surface area contributed by atoms with Crippen LogP contribution in [-0.2, 0) is 4.74 Å². The van der Waals surface area contributed by atoms with Gasteiger partial charge in [0.2, 0.25) is 0 Å². The van der Waals surface area contributed by atoms with E-state index in [-0.39, 0.29) is 5.54 Å². The highest BCUT2D eigenvalue weighted by Crippen LogP contribution is 2.28. The lowest BCUT2D eigenvalue weighted by molar-refractivity contribution is 0.0968. The van der Waals surface area contributed by atoms with E-state index in [2.05, 4.69) is 31.1 Å². The summed E-state index contributed by atoms with van der Waals surface area (Å²) in [6.07, 6.45) is 2.76. The Morgan fingerprint density at radius 2 is 2.07 bits per heavy atom. The molecule has 1 saturated carbocycles. The summed E-state index contributed by atoms with van der Waals surface area (Å²) >= 11 is 0. The van der Waals surface area contributed by atoms with E-state index in [9.17, 15) is 0 Å². The first-order chi connectivity index (χ1) is 7.03. The Morgan fingerprint density at radius 3 is 2.60 bits per heavy atom. The molecule has 1 fully saturated rings. The summed E-state index contributed by atoms with van der Waals surface area (Å²) in [7, 11) is 4.16. The van der Waals surface area contributed by atoms with Crippen molar-refractivity contribution < 1.29 is 4.74 Å². The maximum atomic E-state index is 5.61. The minimum absolute atomic E-state index is 0.186. The summed E-state index contributed by atoms with van der Waals surface area (Å²) in [6, 6.07) is 0. The molecule has 0 spiro atoms. The Kier molecular flexibility index (Phi) is 5.03.